The summed E-state index contributed by atoms with van der Waals surface area (Å²) in [6.07, 6.45) is 0. The predicted molar refractivity (Wildman–Crippen MR) is 94.9 cm³/mol. The van der Waals surface area contributed by atoms with Crippen molar-refractivity contribution >= 4 is 46.2 Å². The fourth-order valence-electron chi connectivity index (χ4n) is 2.58. The minimum Gasteiger partial charge on any atom is -0.359 e. The molecule has 0 bridgehead atoms. The van der Waals surface area contributed by atoms with Crippen molar-refractivity contribution in [2.45, 2.75) is 13.8 Å². The third kappa shape index (κ3) is 4.56. The van der Waals surface area contributed by atoms with Gasteiger partial charge in [-0.3, -0.25) is 4.79 Å². The molecule has 120 valence electrons. The molecule has 2 rings (SSSR count). The Hall–Kier alpha value is -1.37. The molecule has 0 unspecified atom stereocenters. The number of likely N-dealkylation sites (N-methyl/N-ethyl adjacent to an activating group) is 1. The molecule has 1 aliphatic rings. The second-order valence-corrected chi connectivity index (χ2v) is 6.21. The van der Waals surface area contributed by atoms with Crippen LogP contribution in [0.2, 0.25) is 5.02 Å². The Morgan fingerprint density at radius 1 is 1.41 bits per heavy atom. The Labute approximate surface area is 141 Å². The van der Waals surface area contributed by atoms with Crippen LogP contribution in [0.4, 0.5) is 11.4 Å². The van der Waals surface area contributed by atoms with Gasteiger partial charge in [0.05, 0.1) is 43.4 Å². The van der Waals surface area contributed by atoms with Crippen LogP contribution in [0.25, 0.3) is 0 Å². The molecule has 1 aromatic rings. The smallest absolute Gasteiger partial charge is 0.222 e. The molecule has 1 aromatic carbocycles. The predicted octanol–water partition coefficient (Wildman–Crippen LogP) is 0.898. The lowest BCUT2D eigenvalue weighted by atomic mass is 10.2. The van der Waals surface area contributed by atoms with E-state index in [1.165, 1.54) is 13.5 Å². The number of carbonyl (C=O) groups excluding carboxylic acids is 1. The summed E-state index contributed by atoms with van der Waals surface area (Å²) in [5.74, 6) is -0.198. The van der Waals surface area contributed by atoms with E-state index in [0.717, 1.165) is 37.6 Å². The first-order valence-corrected chi connectivity index (χ1v) is 8.25. The van der Waals surface area contributed by atoms with Crippen LogP contribution in [0, 0.1) is 0 Å². The first-order valence-electron chi connectivity index (χ1n) is 7.46. The van der Waals surface area contributed by atoms with Gasteiger partial charge in [-0.05, 0) is 37.3 Å². The molecule has 1 heterocycles. The number of amides is 1. The number of nitrogens with zero attached hydrogens (tertiary/aromatic N) is 1. The molecule has 1 fully saturated rings. The number of quaternary nitrogens is 1. The molecular weight excluding hydrogens is 320 g/mol. The monoisotopic (exact) mass is 341 g/mol. The van der Waals surface area contributed by atoms with Gasteiger partial charge in [0.25, 0.3) is 0 Å². The average molecular weight is 342 g/mol. The highest BCUT2D eigenvalue weighted by Gasteiger charge is 2.20. The van der Waals surface area contributed by atoms with Gasteiger partial charge in [-0.1, -0.05) is 11.6 Å². The summed E-state index contributed by atoms with van der Waals surface area (Å²) in [7, 11) is 0. The third-order valence-electron chi connectivity index (χ3n) is 3.81. The zero-order valence-corrected chi connectivity index (χ0v) is 14.5. The van der Waals surface area contributed by atoms with Gasteiger partial charge >= 0.3 is 0 Å². The van der Waals surface area contributed by atoms with Crippen LogP contribution in [-0.2, 0) is 4.79 Å². The highest BCUT2D eigenvalue weighted by molar-refractivity contribution is 7.80. The summed E-state index contributed by atoms with van der Waals surface area (Å²) < 4.78 is 0. The minimum atomic E-state index is -0.198. The van der Waals surface area contributed by atoms with E-state index in [1.807, 2.05) is 18.2 Å². The Balaban J connectivity index is 2.01. The van der Waals surface area contributed by atoms with Crippen LogP contribution in [-0.4, -0.2) is 43.7 Å². The number of hydrogen-bond acceptors (Lipinski definition) is 3. The Morgan fingerprint density at radius 3 is 2.64 bits per heavy atom. The van der Waals surface area contributed by atoms with Gasteiger partial charge in [-0.25, -0.2) is 0 Å². The second kappa shape index (κ2) is 7.76. The van der Waals surface area contributed by atoms with Crippen molar-refractivity contribution < 1.29 is 9.69 Å². The Kier molecular flexibility index (Phi) is 5.99. The maximum atomic E-state index is 10.9. The summed E-state index contributed by atoms with van der Waals surface area (Å²) in [5, 5.41) is 6.44. The lowest BCUT2D eigenvalue weighted by Crippen LogP contribution is -3.14. The molecule has 3 N–H and O–H groups in total. The number of anilines is 2. The van der Waals surface area contributed by atoms with Crippen LogP contribution in [0.3, 0.4) is 0 Å². The molecule has 5 nitrogen and oxygen atoms in total. The number of halogens is 1. The number of hydrogen-bond donors (Lipinski definition) is 3. The number of rotatable bonds is 3. The molecule has 22 heavy (non-hydrogen) atoms. The van der Waals surface area contributed by atoms with Crippen LogP contribution in [0.15, 0.2) is 18.2 Å². The minimum absolute atomic E-state index is 0.198. The van der Waals surface area contributed by atoms with Crippen molar-refractivity contribution in [3.8, 4) is 0 Å². The highest BCUT2D eigenvalue weighted by atomic mass is 35.5. The molecule has 0 aliphatic carbocycles. The molecule has 1 amide bonds. The Morgan fingerprint density at radius 2 is 2.09 bits per heavy atom. The number of carbonyl (C=O) groups is 1. The molecule has 0 aromatic heterocycles. The lowest BCUT2D eigenvalue weighted by Gasteiger charge is -2.33. The van der Waals surface area contributed by atoms with Gasteiger partial charge in [-0.15, -0.1) is 0 Å². The summed E-state index contributed by atoms with van der Waals surface area (Å²) >= 11 is 11.4. The maximum Gasteiger partial charge on any atom is 0.222 e. The van der Waals surface area contributed by atoms with Crippen LogP contribution in [0.5, 0.6) is 0 Å². The molecule has 0 saturated carbocycles. The fraction of sp³-hybridized carbons (Fsp3) is 0.467. The molecule has 1 aliphatic heterocycles. The quantitative estimate of drug-likeness (QED) is 0.715. The summed E-state index contributed by atoms with van der Waals surface area (Å²) in [6, 6.07) is 5.76. The van der Waals surface area contributed by atoms with E-state index in [-0.39, 0.29) is 11.0 Å². The van der Waals surface area contributed by atoms with Gasteiger partial charge in [0.2, 0.25) is 5.91 Å². The van der Waals surface area contributed by atoms with Gasteiger partial charge in [-0.2, -0.15) is 0 Å². The van der Waals surface area contributed by atoms with Crippen molar-refractivity contribution in [2.24, 2.45) is 0 Å². The SMILES string of the molecule is CC[NH+]1CCN(c2ccc(NC(=S)NC(C)=O)cc2Cl)CC1. The standard InChI is InChI=1S/C15H21ClN4OS/c1-3-19-6-8-20(9-7-19)14-5-4-12(10-13(14)16)18-15(22)17-11(2)21/h4-5,10H,3,6-9H2,1-2H3,(H2,17,18,21,22)/p+1. The van der Waals surface area contributed by atoms with E-state index in [1.54, 1.807) is 4.90 Å². The number of thiocarbonyl (C=S) groups is 1. The summed E-state index contributed by atoms with van der Waals surface area (Å²) in [6.45, 7) is 9.11. The van der Waals surface area contributed by atoms with Gasteiger partial charge in [0, 0.05) is 12.6 Å². The largest absolute Gasteiger partial charge is 0.359 e. The summed E-state index contributed by atoms with van der Waals surface area (Å²) in [4.78, 5) is 14.9. The van der Waals surface area contributed by atoms with Crippen LogP contribution >= 0.6 is 23.8 Å². The first kappa shape index (κ1) is 17.0. The van der Waals surface area contributed by atoms with E-state index < -0.39 is 0 Å². The van der Waals surface area contributed by atoms with Gasteiger partial charge < -0.3 is 20.4 Å². The van der Waals surface area contributed by atoms with Crippen LogP contribution < -0.4 is 20.4 Å². The highest BCUT2D eigenvalue weighted by Crippen LogP contribution is 2.28. The van der Waals surface area contributed by atoms with E-state index in [2.05, 4.69) is 22.5 Å². The van der Waals surface area contributed by atoms with Gasteiger partial charge in [0.15, 0.2) is 5.11 Å². The first-order chi connectivity index (χ1) is 10.5. The second-order valence-electron chi connectivity index (χ2n) is 5.39. The van der Waals surface area contributed by atoms with E-state index >= 15 is 0 Å². The molecule has 0 spiro atoms. The zero-order chi connectivity index (χ0) is 16.1. The van der Waals surface area contributed by atoms with E-state index in [9.17, 15) is 4.79 Å². The topological polar surface area (TPSA) is 48.8 Å². The maximum absolute atomic E-state index is 10.9. The third-order valence-corrected chi connectivity index (χ3v) is 4.31. The Bertz CT molecular complexity index is 558. The van der Waals surface area contributed by atoms with Crippen molar-refractivity contribution in [2.75, 3.05) is 42.9 Å². The van der Waals surface area contributed by atoms with Crippen molar-refractivity contribution in [3.63, 3.8) is 0 Å². The van der Waals surface area contributed by atoms with Crippen LogP contribution in [0.1, 0.15) is 13.8 Å². The number of piperazine rings is 1. The van der Waals surface area contributed by atoms with Crippen molar-refractivity contribution in [3.05, 3.63) is 23.2 Å². The molecule has 1 saturated heterocycles. The van der Waals surface area contributed by atoms with Gasteiger partial charge in [0.1, 0.15) is 0 Å². The molecule has 0 radical (unpaired) electrons. The van der Waals surface area contributed by atoms with Crippen molar-refractivity contribution in [1.29, 1.82) is 0 Å². The normalized spacial score (nSPS) is 15.5. The molecule has 7 heteroatoms. The zero-order valence-electron chi connectivity index (χ0n) is 12.9. The van der Waals surface area contributed by atoms with E-state index in [4.69, 9.17) is 23.8 Å². The average Bonchev–Trinajstić information content (AvgIpc) is 2.46. The summed E-state index contributed by atoms with van der Waals surface area (Å²) in [5.41, 5.74) is 1.82. The lowest BCUT2D eigenvalue weighted by molar-refractivity contribution is -0.898. The van der Waals surface area contributed by atoms with E-state index in [0.29, 0.717) is 5.02 Å². The fourth-order valence-corrected chi connectivity index (χ4v) is 3.14. The number of benzene rings is 1. The molecular formula is C15H22ClN4OS+. The van der Waals surface area contributed by atoms with Crippen molar-refractivity contribution in [1.82, 2.24) is 5.32 Å². The molecule has 0 atom stereocenters. The number of nitrogens with one attached hydrogen (secondary N) is 3.